The molecule has 2 nitrogen and oxygen atoms in total. The van der Waals surface area contributed by atoms with Gasteiger partial charge in [0.25, 0.3) is 0 Å². The van der Waals surface area contributed by atoms with Crippen molar-refractivity contribution < 1.29 is 8.42 Å². The molecule has 0 rings (SSSR count). The minimum Gasteiger partial charge on any atom is -0.215 e. The molecular weight excluding hydrogens is 183 g/mol. The summed E-state index contributed by atoms with van der Waals surface area (Å²) < 4.78 is 21.0. The van der Waals surface area contributed by atoms with Crippen LogP contribution in [0.3, 0.4) is 0 Å². The molecule has 0 amide bonds. The van der Waals surface area contributed by atoms with Crippen molar-refractivity contribution in [1.82, 2.24) is 0 Å². The van der Waals surface area contributed by atoms with Gasteiger partial charge < -0.3 is 0 Å². The van der Waals surface area contributed by atoms with Crippen LogP contribution < -0.4 is 0 Å². The van der Waals surface area contributed by atoms with Crippen LogP contribution >= 0.6 is 23.2 Å². The number of sulfone groups is 1. The van der Waals surface area contributed by atoms with Gasteiger partial charge in [0.1, 0.15) is 0 Å². The zero-order chi connectivity index (χ0) is 7.33. The highest BCUT2D eigenvalue weighted by atomic mass is 35.5. The molecule has 5 heteroatoms. The summed E-state index contributed by atoms with van der Waals surface area (Å²) in [4.78, 5) is 0. The fourth-order valence-electron chi connectivity index (χ4n) is 0.211. The lowest BCUT2D eigenvalue weighted by atomic mass is 11.0. The van der Waals surface area contributed by atoms with E-state index in [1.807, 2.05) is 5.25 Å². The summed E-state index contributed by atoms with van der Waals surface area (Å²) >= 11 is 9.97. The van der Waals surface area contributed by atoms with Gasteiger partial charge in [-0.05, 0) is 11.6 Å². The van der Waals surface area contributed by atoms with E-state index >= 15 is 0 Å². The molecule has 0 aromatic rings. The fraction of sp³-hybridized carbons (Fsp3) is 0.500. The van der Waals surface area contributed by atoms with Crippen molar-refractivity contribution in [3.05, 3.63) is 0 Å². The van der Waals surface area contributed by atoms with Gasteiger partial charge >= 0.3 is 0 Å². The first-order valence-corrected chi connectivity index (χ1v) is 4.60. The molecular formula is C4H4Cl2O2S. The van der Waals surface area contributed by atoms with E-state index in [-0.39, 0.29) is 11.6 Å². The molecule has 0 saturated heterocycles. The fourth-order valence-corrected chi connectivity index (χ4v) is 1.60. The lowest BCUT2D eigenvalue weighted by molar-refractivity contribution is 0.607. The van der Waals surface area contributed by atoms with Gasteiger partial charge in [0.2, 0.25) is 9.84 Å². The van der Waals surface area contributed by atoms with Crippen LogP contribution in [0.2, 0.25) is 0 Å². The van der Waals surface area contributed by atoms with E-state index in [1.54, 1.807) is 5.38 Å². The van der Waals surface area contributed by atoms with Crippen molar-refractivity contribution in [3.8, 4) is 10.6 Å². The molecule has 0 radical (unpaired) electrons. The van der Waals surface area contributed by atoms with Crippen LogP contribution in [0.4, 0.5) is 0 Å². The van der Waals surface area contributed by atoms with Crippen LogP contribution in [0.25, 0.3) is 0 Å². The van der Waals surface area contributed by atoms with Gasteiger partial charge in [-0.3, -0.25) is 0 Å². The van der Waals surface area contributed by atoms with Crippen LogP contribution in [-0.2, 0) is 9.84 Å². The molecule has 0 aromatic carbocycles. The number of hydrogen-bond donors (Lipinski definition) is 0. The Morgan fingerprint density at radius 1 is 1.44 bits per heavy atom. The summed E-state index contributed by atoms with van der Waals surface area (Å²) in [6.45, 7) is 0. The Balaban J connectivity index is 4.17. The van der Waals surface area contributed by atoms with Crippen LogP contribution in [0.5, 0.6) is 0 Å². The molecule has 0 unspecified atom stereocenters. The molecule has 0 atom stereocenters. The van der Waals surface area contributed by atoms with Gasteiger partial charge in [-0.2, -0.15) is 0 Å². The molecule has 0 heterocycles. The maximum Gasteiger partial charge on any atom is 0.219 e. The minimum absolute atomic E-state index is 0.0495. The number of halogens is 2. The number of alkyl halides is 1. The van der Waals surface area contributed by atoms with Crippen molar-refractivity contribution in [2.75, 3.05) is 11.6 Å². The quantitative estimate of drug-likeness (QED) is 0.473. The lowest BCUT2D eigenvalue weighted by Crippen LogP contribution is -2.02. The average molecular weight is 187 g/mol. The second-order valence-electron chi connectivity index (χ2n) is 1.20. The molecule has 0 aliphatic carbocycles. The first kappa shape index (κ1) is 9.09. The summed E-state index contributed by atoms with van der Waals surface area (Å²) in [5.41, 5.74) is 0. The molecule has 0 spiro atoms. The first-order valence-electron chi connectivity index (χ1n) is 2.03. The highest BCUT2D eigenvalue weighted by Crippen LogP contribution is 1.88. The molecule has 52 valence electrons. The van der Waals surface area contributed by atoms with Crippen molar-refractivity contribution in [2.24, 2.45) is 0 Å². The topological polar surface area (TPSA) is 34.1 Å². The Bertz CT molecular complexity index is 221. The molecule has 0 saturated carbocycles. The predicted octanol–water partition coefficient (Wildman–Crippen LogP) is 0.797. The molecule has 0 aliphatic rings. The smallest absolute Gasteiger partial charge is 0.215 e. The summed E-state index contributed by atoms with van der Waals surface area (Å²) in [5.74, 6) is -0.0951. The van der Waals surface area contributed by atoms with E-state index in [1.165, 1.54) is 0 Å². The van der Waals surface area contributed by atoms with Gasteiger partial charge in [-0.15, -0.1) is 11.6 Å². The number of rotatable bonds is 2. The maximum atomic E-state index is 10.5. The Labute approximate surface area is 64.1 Å². The highest BCUT2D eigenvalue weighted by molar-refractivity contribution is 7.96. The van der Waals surface area contributed by atoms with Gasteiger partial charge in [0.15, 0.2) is 0 Å². The van der Waals surface area contributed by atoms with Crippen molar-refractivity contribution in [3.63, 3.8) is 0 Å². The van der Waals surface area contributed by atoms with Crippen LogP contribution in [0, 0.1) is 10.6 Å². The van der Waals surface area contributed by atoms with Gasteiger partial charge in [0, 0.05) is 16.5 Å². The van der Waals surface area contributed by atoms with Crippen molar-refractivity contribution >= 4 is 33.0 Å². The molecule has 0 fully saturated rings. The summed E-state index contributed by atoms with van der Waals surface area (Å²) in [5, 5.41) is 3.59. The van der Waals surface area contributed by atoms with E-state index in [0.717, 1.165) is 0 Å². The SMILES string of the molecule is O=S(=O)(C#CCl)CCCl. The molecule has 0 N–H and O–H groups in total. The largest absolute Gasteiger partial charge is 0.219 e. The molecule has 0 bridgehead atoms. The van der Waals surface area contributed by atoms with E-state index in [4.69, 9.17) is 23.2 Å². The predicted molar refractivity (Wildman–Crippen MR) is 38.1 cm³/mol. The molecule has 0 aliphatic heterocycles. The molecule has 0 aromatic heterocycles. The summed E-state index contributed by atoms with van der Waals surface area (Å²) in [6.07, 6.45) is 0. The Morgan fingerprint density at radius 3 is 2.33 bits per heavy atom. The van der Waals surface area contributed by atoms with Crippen LogP contribution in [0.1, 0.15) is 0 Å². The standard InChI is InChI=1S/C4H4Cl2O2S/c5-1-3-9(7,8)4-2-6/h1,3H2. The van der Waals surface area contributed by atoms with Gasteiger partial charge in [0.05, 0.1) is 5.75 Å². The normalized spacial score (nSPS) is 10.0. The number of hydrogen-bond acceptors (Lipinski definition) is 2. The first-order chi connectivity index (χ1) is 4.12. The summed E-state index contributed by atoms with van der Waals surface area (Å²) in [7, 11) is -3.31. The van der Waals surface area contributed by atoms with Gasteiger partial charge in [-0.1, -0.05) is 0 Å². The van der Waals surface area contributed by atoms with Crippen molar-refractivity contribution in [2.45, 2.75) is 0 Å². The highest BCUT2D eigenvalue weighted by Gasteiger charge is 2.02. The van der Waals surface area contributed by atoms with E-state index in [0.29, 0.717) is 0 Å². The third kappa shape index (κ3) is 4.58. The Hall–Kier alpha value is 0.0900. The third-order valence-corrected chi connectivity index (χ3v) is 2.31. The van der Waals surface area contributed by atoms with E-state index in [9.17, 15) is 8.42 Å². The third-order valence-electron chi connectivity index (χ3n) is 0.540. The lowest BCUT2D eigenvalue weighted by Gasteiger charge is -1.85. The second-order valence-corrected chi connectivity index (χ2v) is 3.61. The van der Waals surface area contributed by atoms with E-state index < -0.39 is 9.84 Å². The second kappa shape index (κ2) is 3.99. The Morgan fingerprint density at radius 2 is 2.00 bits per heavy atom. The zero-order valence-corrected chi connectivity index (χ0v) is 6.72. The monoisotopic (exact) mass is 186 g/mol. The van der Waals surface area contributed by atoms with Gasteiger partial charge in [-0.25, -0.2) is 8.42 Å². The van der Waals surface area contributed by atoms with Crippen LogP contribution in [0.15, 0.2) is 0 Å². The molecule has 9 heavy (non-hydrogen) atoms. The Kier molecular flexibility index (Phi) is 4.03. The van der Waals surface area contributed by atoms with Crippen LogP contribution in [-0.4, -0.2) is 20.1 Å². The average Bonchev–Trinajstić information content (AvgIpc) is 1.64. The zero-order valence-electron chi connectivity index (χ0n) is 4.39. The van der Waals surface area contributed by atoms with E-state index in [2.05, 4.69) is 0 Å². The maximum absolute atomic E-state index is 10.5. The van der Waals surface area contributed by atoms with Crippen molar-refractivity contribution in [1.29, 1.82) is 0 Å². The summed E-state index contributed by atoms with van der Waals surface area (Å²) in [6, 6.07) is 0. The minimum atomic E-state index is -3.31.